The zero-order valence-corrected chi connectivity index (χ0v) is 21.6. The Morgan fingerprint density at radius 2 is 1.61 bits per heavy atom. The molecule has 0 aliphatic carbocycles. The lowest BCUT2D eigenvalue weighted by atomic mass is 10.2. The van der Waals surface area contributed by atoms with Crippen molar-refractivity contribution in [2.75, 3.05) is 34.5 Å². The van der Waals surface area contributed by atoms with Gasteiger partial charge in [-0.15, -0.1) is 11.3 Å². The Hall–Kier alpha value is -3.82. The van der Waals surface area contributed by atoms with Crippen molar-refractivity contribution in [1.82, 2.24) is 14.9 Å². The van der Waals surface area contributed by atoms with Crippen molar-refractivity contribution in [3.05, 3.63) is 76.2 Å². The van der Waals surface area contributed by atoms with Crippen LogP contribution in [0.3, 0.4) is 0 Å². The van der Waals surface area contributed by atoms with Gasteiger partial charge in [-0.25, -0.2) is 4.98 Å². The molecule has 0 spiro atoms. The minimum absolute atomic E-state index is 0.156. The number of aromatic nitrogens is 2. The molecule has 0 unspecified atom stereocenters. The van der Waals surface area contributed by atoms with E-state index in [2.05, 4.69) is 5.32 Å². The van der Waals surface area contributed by atoms with Crippen molar-refractivity contribution in [2.45, 2.75) is 13.5 Å². The molecule has 1 amide bonds. The van der Waals surface area contributed by atoms with E-state index >= 15 is 0 Å². The average molecular weight is 508 g/mol. The predicted molar refractivity (Wildman–Crippen MR) is 140 cm³/mol. The van der Waals surface area contributed by atoms with Crippen LogP contribution in [0.15, 0.2) is 60.0 Å². The van der Waals surface area contributed by atoms with Gasteiger partial charge in [0.25, 0.3) is 5.91 Å². The van der Waals surface area contributed by atoms with E-state index in [9.17, 15) is 4.79 Å². The molecule has 0 saturated carbocycles. The van der Waals surface area contributed by atoms with Crippen LogP contribution in [0.5, 0.6) is 17.2 Å². The molecule has 188 valence electrons. The van der Waals surface area contributed by atoms with Crippen LogP contribution in [0, 0.1) is 6.92 Å². The first kappa shape index (κ1) is 25.3. The third-order valence-electron chi connectivity index (χ3n) is 5.65. The van der Waals surface area contributed by atoms with Crippen molar-refractivity contribution in [1.29, 1.82) is 0 Å². The molecule has 36 heavy (non-hydrogen) atoms. The third-order valence-corrected chi connectivity index (χ3v) is 6.47. The van der Waals surface area contributed by atoms with Crippen molar-refractivity contribution >= 4 is 17.2 Å². The number of carbonyl (C=O) groups is 1. The maximum atomic E-state index is 12.9. The highest BCUT2D eigenvalue weighted by Gasteiger charge is 2.21. The predicted octanol–water partition coefficient (Wildman–Crippen LogP) is 4.88. The Labute approximate surface area is 214 Å². The van der Waals surface area contributed by atoms with Gasteiger partial charge in [-0.2, -0.15) is 0 Å². The normalized spacial score (nSPS) is 10.8. The lowest BCUT2D eigenvalue weighted by Gasteiger charge is -2.12. The summed E-state index contributed by atoms with van der Waals surface area (Å²) < 4.78 is 23.5. The highest BCUT2D eigenvalue weighted by molar-refractivity contribution is 7.09. The Morgan fingerprint density at radius 1 is 0.972 bits per heavy atom. The molecule has 2 aromatic heterocycles. The second-order valence-electron chi connectivity index (χ2n) is 7.90. The molecule has 0 aliphatic heterocycles. The van der Waals surface area contributed by atoms with E-state index < -0.39 is 0 Å². The Kier molecular flexibility index (Phi) is 8.24. The molecule has 0 fully saturated rings. The fourth-order valence-electron chi connectivity index (χ4n) is 3.76. The molecule has 4 rings (SSSR count). The van der Waals surface area contributed by atoms with Gasteiger partial charge in [0.05, 0.1) is 37.8 Å². The van der Waals surface area contributed by atoms with E-state index in [0.29, 0.717) is 25.3 Å². The number of hydrogen-bond donors (Lipinski definition) is 1. The van der Waals surface area contributed by atoms with Crippen molar-refractivity contribution in [2.24, 2.45) is 0 Å². The zero-order valence-electron chi connectivity index (χ0n) is 20.7. The number of benzene rings is 2. The molecule has 0 aliphatic rings. The monoisotopic (exact) mass is 507 g/mol. The number of rotatable bonds is 11. The summed E-state index contributed by atoms with van der Waals surface area (Å²) in [6, 6.07) is 17.0. The van der Waals surface area contributed by atoms with Crippen LogP contribution in [0.25, 0.3) is 17.1 Å². The number of hydrogen-bond acceptors (Lipinski definition) is 7. The van der Waals surface area contributed by atoms with Gasteiger partial charge >= 0.3 is 0 Å². The number of thiazole rings is 1. The quantitative estimate of drug-likeness (QED) is 0.291. The summed E-state index contributed by atoms with van der Waals surface area (Å²) in [6.07, 6.45) is 0. The van der Waals surface area contributed by atoms with Gasteiger partial charge in [0.1, 0.15) is 28.9 Å². The summed E-state index contributed by atoms with van der Waals surface area (Å²) in [7, 11) is 4.87. The first-order chi connectivity index (χ1) is 17.5. The highest BCUT2D eigenvalue weighted by atomic mass is 32.1. The Morgan fingerprint density at radius 3 is 2.25 bits per heavy atom. The second-order valence-corrected chi connectivity index (χ2v) is 8.84. The first-order valence-electron chi connectivity index (χ1n) is 11.4. The molecule has 0 atom stereocenters. The molecular formula is C27H29N3O5S. The van der Waals surface area contributed by atoms with Crippen molar-refractivity contribution in [3.63, 3.8) is 0 Å². The van der Waals surface area contributed by atoms with Crippen molar-refractivity contribution < 1.29 is 23.7 Å². The topological polar surface area (TPSA) is 83.8 Å². The minimum Gasteiger partial charge on any atom is -0.497 e. The zero-order chi connectivity index (χ0) is 25.5. The standard InChI is InChI=1S/C27H29N3O5S/c1-18-23(27(31)28-13-14-32-2)15-25(30(18)19-5-7-20(33-3)8-6-19)24-17-36-26(29-24)16-35-22-11-9-21(34-4)10-12-22/h5-12,15,17H,13-14,16H2,1-4H3,(H,28,31). The van der Waals surface area contributed by atoms with Gasteiger partial charge in [0.2, 0.25) is 0 Å². The van der Waals surface area contributed by atoms with Crippen LogP contribution in [-0.2, 0) is 11.3 Å². The van der Waals surface area contributed by atoms with Crippen LogP contribution in [0.1, 0.15) is 21.1 Å². The van der Waals surface area contributed by atoms with Crippen LogP contribution >= 0.6 is 11.3 Å². The van der Waals surface area contributed by atoms with Crippen LogP contribution in [-0.4, -0.2) is 49.9 Å². The van der Waals surface area contributed by atoms with Gasteiger partial charge in [0, 0.05) is 30.4 Å². The summed E-state index contributed by atoms with van der Waals surface area (Å²) in [5, 5.41) is 5.72. The fraction of sp³-hybridized carbons (Fsp3) is 0.259. The Bertz CT molecular complexity index is 1300. The maximum absolute atomic E-state index is 12.9. The van der Waals surface area contributed by atoms with Crippen LogP contribution in [0.4, 0.5) is 0 Å². The smallest absolute Gasteiger partial charge is 0.253 e. The lowest BCUT2D eigenvalue weighted by molar-refractivity contribution is 0.0936. The number of carbonyl (C=O) groups excluding carboxylic acids is 1. The summed E-state index contributed by atoms with van der Waals surface area (Å²) >= 11 is 1.51. The van der Waals surface area contributed by atoms with E-state index in [1.165, 1.54) is 11.3 Å². The molecule has 0 bridgehead atoms. The van der Waals surface area contributed by atoms with Gasteiger partial charge in [0.15, 0.2) is 0 Å². The number of ether oxygens (including phenoxy) is 4. The third kappa shape index (κ3) is 5.69. The van der Waals surface area contributed by atoms with E-state index in [0.717, 1.165) is 45.0 Å². The SMILES string of the molecule is COCCNC(=O)c1cc(-c2csc(COc3ccc(OC)cc3)n2)n(-c2ccc(OC)cc2)c1C. The van der Waals surface area contributed by atoms with Crippen molar-refractivity contribution in [3.8, 4) is 34.3 Å². The van der Waals surface area contributed by atoms with Crippen LogP contribution in [0.2, 0.25) is 0 Å². The largest absolute Gasteiger partial charge is 0.497 e. The summed E-state index contributed by atoms with van der Waals surface area (Å²) in [5.74, 6) is 2.11. The van der Waals surface area contributed by atoms with E-state index in [4.69, 9.17) is 23.9 Å². The van der Waals surface area contributed by atoms with E-state index in [1.54, 1.807) is 21.3 Å². The van der Waals surface area contributed by atoms with Gasteiger partial charge < -0.3 is 28.8 Å². The van der Waals surface area contributed by atoms with E-state index in [-0.39, 0.29) is 5.91 Å². The average Bonchev–Trinajstić information content (AvgIpc) is 3.52. The number of nitrogens with zero attached hydrogens (tertiary/aromatic N) is 2. The lowest BCUT2D eigenvalue weighted by Crippen LogP contribution is -2.27. The second kappa shape index (κ2) is 11.7. The summed E-state index contributed by atoms with van der Waals surface area (Å²) in [5.41, 5.74) is 3.89. The molecule has 4 aromatic rings. The molecule has 0 radical (unpaired) electrons. The molecule has 9 heteroatoms. The van der Waals surface area contributed by atoms with E-state index in [1.807, 2.05) is 71.5 Å². The first-order valence-corrected chi connectivity index (χ1v) is 12.3. The van der Waals surface area contributed by atoms with Gasteiger partial charge in [-0.3, -0.25) is 4.79 Å². The molecule has 0 saturated heterocycles. The molecule has 2 aromatic carbocycles. The number of methoxy groups -OCH3 is 3. The number of amides is 1. The minimum atomic E-state index is -0.156. The summed E-state index contributed by atoms with van der Waals surface area (Å²) in [6.45, 7) is 3.14. The fourth-order valence-corrected chi connectivity index (χ4v) is 4.46. The highest BCUT2D eigenvalue weighted by Crippen LogP contribution is 2.31. The van der Waals surface area contributed by atoms with Crippen LogP contribution < -0.4 is 19.5 Å². The van der Waals surface area contributed by atoms with Gasteiger partial charge in [-0.1, -0.05) is 0 Å². The molecule has 1 N–H and O–H groups in total. The molecular weight excluding hydrogens is 478 g/mol. The Balaban J connectivity index is 1.63. The maximum Gasteiger partial charge on any atom is 0.253 e. The molecule has 8 nitrogen and oxygen atoms in total. The van der Waals surface area contributed by atoms with Gasteiger partial charge in [-0.05, 0) is 61.5 Å². The molecule has 2 heterocycles. The number of nitrogens with one attached hydrogen (secondary N) is 1. The summed E-state index contributed by atoms with van der Waals surface area (Å²) in [4.78, 5) is 17.7.